The number of pyridine rings is 1. The fraction of sp³-hybridized carbons (Fsp3) is 0.625. The van der Waals surface area contributed by atoms with E-state index in [-0.39, 0.29) is 42.9 Å². The van der Waals surface area contributed by atoms with E-state index in [1.165, 1.54) is 0 Å². The number of aromatic nitrogens is 1. The van der Waals surface area contributed by atoms with Crippen LogP contribution in [-0.4, -0.2) is 42.7 Å². The largest absolute Gasteiger partial charge is 0.364 e. The zero-order chi connectivity index (χ0) is 15.9. The van der Waals surface area contributed by atoms with Gasteiger partial charge in [-0.3, -0.25) is 4.79 Å². The topological polar surface area (TPSA) is 80.5 Å². The van der Waals surface area contributed by atoms with Crippen LogP contribution < -0.4 is 16.0 Å². The molecule has 8 heteroatoms. The minimum atomic E-state index is -0.364. The number of carbonyl (C=O) groups is 1. The van der Waals surface area contributed by atoms with Gasteiger partial charge in [-0.05, 0) is 38.3 Å². The molecule has 1 aliphatic rings. The summed E-state index contributed by atoms with van der Waals surface area (Å²) in [5.41, 5.74) is 6.54. The van der Waals surface area contributed by atoms with Crippen LogP contribution in [0, 0.1) is 0 Å². The van der Waals surface area contributed by atoms with Crippen LogP contribution in [0.5, 0.6) is 0 Å². The lowest BCUT2D eigenvalue weighted by Crippen LogP contribution is -2.35. The molecule has 138 valence electrons. The average Bonchev–Trinajstić information content (AvgIpc) is 3.04. The first kappa shape index (κ1) is 22.9. The maximum absolute atomic E-state index is 12.0. The molecule has 0 unspecified atom stereocenters. The maximum atomic E-state index is 12.0. The van der Waals surface area contributed by atoms with E-state index >= 15 is 0 Å². The normalized spacial score (nSPS) is 19.1. The SMILES string of the molecule is CCN(CC)c1ccc(CNC(=O)[C@@H]2CC[C@H](CN)O2)cn1.Cl.Cl. The van der Waals surface area contributed by atoms with Gasteiger partial charge in [-0.1, -0.05) is 6.07 Å². The molecule has 1 aromatic rings. The van der Waals surface area contributed by atoms with Crippen LogP contribution >= 0.6 is 24.8 Å². The minimum Gasteiger partial charge on any atom is -0.364 e. The van der Waals surface area contributed by atoms with Gasteiger partial charge in [0.05, 0.1) is 6.10 Å². The molecular weight excluding hydrogens is 351 g/mol. The molecule has 1 aliphatic heterocycles. The van der Waals surface area contributed by atoms with Crippen LogP contribution in [0.15, 0.2) is 18.3 Å². The van der Waals surface area contributed by atoms with Gasteiger partial charge >= 0.3 is 0 Å². The van der Waals surface area contributed by atoms with Crippen molar-refractivity contribution in [3.63, 3.8) is 0 Å². The zero-order valence-electron chi connectivity index (χ0n) is 14.2. The van der Waals surface area contributed by atoms with Gasteiger partial charge in [0, 0.05) is 32.4 Å². The van der Waals surface area contributed by atoms with Crippen molar-refractivity contribution in [1.29, 1.82) is 0 Å². The molecule has 1 saturated heterocycles. The molecule has 1 amide bonds. The summed E-state index contributed by atoms with van der Waals surface area (Å²) in [4.78, 5) is 18.7. The van der Waals surface area contributed by atoms with E-state index in [1.54, 1.807) is 0 Å². The fourth-order valence-electron chi connectivity index (χ4n) is 2.63. The molecule has 2 atom stereocenters. The first-order valence-electron chi connectivity index (χ1n) is 8.01. The number of nitrogens with one attached hydrogen (secondary N) is 1. The Morgan fingerprint density at radius 2 is 2.04 bits per heavy atom. The van der Waals surface area contributed by atoms with Crippen molar-refractivity contribution < 1.29 is 9.53 Å². The van der Waals surface area contributed by atoms with Crippen molar-refractivity contribution >= 4 is 36.5 Å². The van der Waals surface area contributed by atoms with Gasteiger partial charge in [0.1, 0.15) is 11.9 Å². The predicted molar refractivity (Wildman–Crippen MR) is 101 cm³/mol. The van der Waals surface area contributed by atoms with Crippen molar-refractivity contribution in [2.45, 2.75) is 45.4 Å². The second-order valence-electron chi connectivity index (χ2n) is 5.47. The van der Waals surface area contributed by atoms with Gasteiger partial charge in [0.25, 0.3) is 0 Å². The molecule has 6 nitrogen and oxygen atoms in total. The van der Waals surface area contributed by atoms with Crippen molar-refractivity contribution in [3.8, 4) is 0 Å². The zero-order valence-corrected chi connectivity index (χ0v) is 15.9. The maximum Gasteiger partial charge on any atom is 0.249 e. The molecule has 0 aromatic carbocycles. The lowest BCUT2D eigenvalue weighted by Gasteiger charge is -2.19. The van der Waals surface area contributed by atoms with Crippen LogP contribution in [0.3, 0.4) is 0 Å². The number of carbonyl (C=O) groups excluding carboxylic acids is 1. The van der Waals surface area contributed by atoms with Crippen molar-refractivity contribution in [1.82, 2.24) is 10.3 Å². The molecule has 1 fully saturated rings. The van der Waals surface area contributed by atoms with Gasteiger partial charge in [0.2, 0.25) is 5.91 Å². The van der Waals surface area contributed by atoms with Gasteiger partial charge in [-0.25, -0.2) is 4.98 Å². The van der Waals surface area contributed by atoms with Crippen LogP contribution in [-0.2, 0) is 16.1 Å². The standard InChI is InChI=1S/C16H26N4O2.2ClH/c1-3-20(4-2)15-8-5-12(10-18-15)11-19-16(21)14-7-6-13(9-17)22-14;;/h5,8,10,13-14H,3-4,6-7,9,11,17H2,1-2H3,(H,19,21);2*1H/t13-,14+;;/m1../s1. The van der Waals surface area contributed by atoms with E-state index in [4.69, 9.17) is 10.5 Å². The Bertz CT molecular complexity index is 483. The second kappa shape index (κ2) is 11.5. The molecular formula is C16H28Cl2N4O2. The minimum absolute atomic E-state index is 0. The van der Waals surface area contributed by atoms with Gasteiger partial charge in [-0.15, -0.1) is 24.8 Å². The number of rotatable bonds is 7. The molecule has 2 heterocycles. The fourth-order valence-corrected chi connectivity index (χ4v) is 2.63. The summed E-state index contributed by atoms with van der Waals surface area (Å²) < 4.78 is 5.58. The van der Waals surface area contributed by atoms with Crippen molar-refractivity contribution in [2.24, 2.45) is 5.73 Å². The predicted octanol–water partition coefficient (Wildman–Crippen LogP) is 1.89. The summed E-state index contributed by atoms with van der Waals surface area (Å²) in [5, 5.41) is 2.90. The summed E-state index contributed by atoms with van der Waals surface area (Å²) >= 11 is 0. The first-order chi connectivity index (χ1) is 10.7. The third-order valence-electron chi connectivity index (χ3n) is 4.03. The van der Waals surface area contributed by atoms with E-state index in [9.17, 15) is 4.79 Å². The first-order valence-corrected chi connectivity index (χ1v) is 8.01. The molecule has 0 saturated carbocycles. The highest BCUT2D eigenvalue weighted by atomic mass is 35.5. The molecule has 3 N–H and O–H groups in total. The Balaban J connectivity index is 0.00000264. The number of nitrogens with two attached hydrogens (primary N) is 1. The number of hydrogen-bond acceptors (Lipinski definition) is 5. The number of nitrogens with zero attached hydrogens (tertiary/aromatic N) is 2. The smallest absolute Gasteiger partial charge is 0.249 e. The average molecular weight is 379 g/mol. The van der Waals surface area contributed by atoms with Gasteiger partial charge in [0.15, 0.2) is 0 Å². The molecule has 0 spiro atoms. The molecule has 0 bridgehead atoms. The quantitative estimate of drug-likeness (QED) is 0.756. The van der Waals surface area contributed by atoms with Crippen molar-refractivity contribution in [3.05, 3.63) is 23.9 Å². The number of ether oxygens (including phenoxy) is 1. The van der Waals surface area contributed by atoms with Crippen LogP contribution in [0.2, 0.25) is 0 Å². The summed E-state index contributed by atoms with van der Waals surface area (Å²) in [7, 11) is 0. The van der Waals surface area contributed by atoms with E-state index in [0.717, 1.165) is 37.3 Å². The highest BCUT2D eigenvalue weighted by Gasteiger charge is 2.29. The van der Waals surface area contributed by atoms with E-state index < -0.39 is 0 Å². The number of hydrogen-bond donors (Lipinski definition) is 2. The Morgan fingerprint density at radius 1 is 1.33 bits per heavy atom. The van der Waals surface area contributed by atoms with Crippen LogP contribution in [0.25, 0.3) is 0 Å². The number of amides is 1. The van der Waals surface area contributed by atoms with E-state index in [1.807, 2.05) is 18.3 Å². The third kappa shape index (κ3) is 6.09. The third-order valence-corrected chi connectivity index (χ3v) is 4.03. The Labute approximate surface area is 156 Å². The molecule has 24 heavy (non-hydrogen) atoms. The number of anilines is 1. The molecule has 1 aromatic heterocycles. The molecule has 0 radical (unpaired) electrons. The highest BCUT2D eigenvalue weighted by molar-refractivity contribution is 5.85. The van der Waals surface area contributed by atoms with Crippen molar-refractivity contribution in [2.75, 3.05) is 24.5 Å². The summed E-state index contributed by atoms with van der Waals surface area (Å²) in [6.07, 6.45) is 3.07. The highest BCUT2D eigenvalue weighted by Crippen LogP contribution is 2.19. The Morgan fingerprint density at radius 3 is 2.54 bits per heavy atom. The Kier molecular flexibility index (Phi) is 11.0. The summed E-state index contributed by atoms with van der Waals surface area (Å²) in [6.45, 7) is 7.02. The summed E-state index contributed by atoms with van der Waals surface area (Å²) in [6, 6.07) is 3.99. The Hall–Kier alpha value is -1.08. The summed E-state index contributed by atoms with van der Waals surface area (Å²) in [5.74, 6) is 0.897. The molecule has 2 rings (SSSR count). The second-order valence-corrected chi connectivity index (χ2v) is 5.47. The van der Waals surface area contributed by atoms with Gasteiger partial charge in [-0.2, -0.15) is 0 Å². The monoisotopic (exact) mass is 378 g/mol. The van der Waals surface area contributed by atoms with E-state index in [2.05, 4.69) is 29.0 Å². The number of halogens is 2. The molecule has 0 aliphatic carbocycles. The lowest BCUT2D eigenvalue weighted by molar-refractivity contribution is -0.132. The van der Waals surface area contributed by atoms with Crippen LogP contribution in [0.1, 0.15) is 32.3 Å². The van der Waals surface area contributed by atoms with Gasteiger partial charge < -0.3 is 20.7 Å². The van der Waals surface area contributed by atoms with Crippen LogP contribution in [0.4, 0.5) is 5.82 Å². The lowest BCUT2D eigenvalue weighted by atomic mass is 10.2. The van der Waals surface area contributed by atoms with E-state index in [0.29, 0.717) is 13.1 Å².